The average molecular weight is 265 g/mol. The summed E-state index contributed by atoms with van der Waals surface area (Å²) in [5.41, 5.74) is -0.379. The molecule has 0 unspecified atom stereocenters. The Balaban J connectivity index is 2.85. The second-order valence-electron chi connectivity index (χ2n) is 5.18. The monoisotopic (exact) mass is 265 g/mol. The molecule has 0 fully saturated rings. The Bertz CT molecular complexity index is 468. The fraction of sp³-hybridized carbons (Fsp3) is 0.429. The number of hydrogen-bond donors (Lipinski definition) is 1. The van der Waals surface area contributed by atoms with Crippen LogP contribution in [0.3, 0.4) is 0 Å². The molecule has 0 aliphatic heterocycles. The molecule has 0 aliphatic carbocycles. The first-order valence-electron chi connectivity index (χ1n) is 5.93. The van der Waals surface area contributed by atoms with Crippen molar-refractivity contribution >= 4 is 11.9 Å². The minimum absolute atomic E-state index is 0.225. The number of furan rings is 1. The van der Waals surface area contributed by atoms with Crippen molar-refractivity contribution in [3.05, 3.63) is 36.3 Å². The van der Waals surface area contributed by atoms with Crippen LogP contribution in [0.5, 0.6) is 0 Å². The van der Waals surface area contributed by atoms with Crippen LogP contribution in [0.15, 0.2) is 35.0 Å². The van der Waals surface area contributed by atoms with E-state index in [9.17, 15) is 9.59 Å². The van der Waals surface area contributed by atoms with Crippen molar-refractivity contribution in [3.8, 4) is 0 Å². The molecular weight excluding hydrogens is 246 g/mol. The number of nitrogens with one attached hydrogen (secondary N) is 1. The van der Waals surface area contributed by atoms with Crippen LogP contribution in [0, 0.1) is 0 Å². The molecule has 1 atom stereocenters. The standard InChI is InChI=1S/C14H19NO4/c1-9(10(2)16)12(11-7-6-8-18-11)15-13(17)19-14(3,4)5/h6-8,12H,1H2,2-5H3,(H,15,17)/t12-/m1/s1. The summed E-state index contributed by atoms with van der Waals surface area (Å²) in [4.78, 5) is 23.2. The van der Waals surface area contributed by atoms with Crippen molar-refractivity contribution in [2.75, 3.05) is 0 Å². The van der Waals surface area contributed by atoms with E-state index in [0.29, 0.717) is 5.76 Å². The summed E-state index contributed by atoms with van der Waals surface area (Å²) in [6.07, 6.45) is 0.836. The van der Waals surface area contributed by atoms with Gasteiger partial charge in [0, 0.05) is 5.57 Å². The number of amides is 1. The van der Waals surface area contributed by atoms with Gasteiger partial charge in [0.05, 0.1) is 6.26 Å². The van der Waals surface area contributed by atoms with Crippen molar-refractivity contribution in [2.24, 2.45) is 0 Å². The summed E-state index contributed by atoms with van der Waals surface area (Å²) in [6.45, 7) is 10.3. The predicted octanol–water partition coefficient (Wildman–Crippen LogP) is 2.99. The van der Waals surface area contributed by atoms with E-state index >= 15 is 0 Å². The summed E-state index contributed by atoms with van der Waals surface area (Å²) < 4.78 is 10.4. The molecule has 5 heteroatoms. The zero-order chi connectivity index (χ0) is 14.6. The predicted molar refractivity (Wildman–Crippen MR) is 70.6 cm³/mol. The van der Waals surface area contributed by atoms with Crippen LogP contribution in [0.2, 0.25) is 0 Å². The summed E-state index contributed by atoms with van der Waals surface area (Å²) in [5, 5.41) is 2.58. The van der Waals surface area contributed by atoms with Gasteiger partial charge in [0.15, 0.2) is 5.78 Å². The highest BCUT2D eigenvalue weighted by Crippen LogP contribution is 2.22. The molecule has 104 valence electrons. The van der Waals surface area contributed by atoms with Crippen LogP contribution in [-0.2, 0) is 9.53 Å². The SMILES string of the molecule is C=C(C(C)=O)[C@@H](NC(=O)OC(C)(C)C)c1ccco1. The molecule has 0 aromatic carbocycles. The first-order valence-corrected chi connectivity index (χ1v) is 5.93. The third-order valence-corrected chi connectivity index (χ3v) is 2.29. The minimum atomic E-state index is -0.720. The van der Waals surface area contributed by atoms with Gasteiger partial charge in [-0.1, -0.05) is 6.58 Å². The van der Waals surface area contributed by atoms with E-state index in [-0.39, 0.29) is 11.4 Å². The lowest BCUT2D eigenvalue weighted by Gasteiger charge is -2.23. The van der Waals surface area contributed by atoms with E-state index in [2.05, 4.69) is 11.9 Å². The van der Waals surface area contributed by atoms with Crippen LogP contribution in [0.4, 0.5) is 4.79 Å². The summed E-state index contributed by atoms with van der Waals surface area (Å²) in [5.74, 6) is 0.212. The number of carbonyl (C=O) groups excluding carboxylic acids is 2. The normalized spacial score (nSPS) is 12.6. The molecule has 1 amide bonds. The molecule has 19 heavy (non-hydrogen) atoms. The van der Waals surface area contributed by atoms with Gasteiger partial charge >= 0.3 is 6.09 Å². The van der Waals surface area contributed by atoms with E-state index in [1.54, 1.807) is 32.9 Å². The number of ether oxygens (including phenoxy) is 1. The van der Waals surface area contributed by atoms with Crippen LogP contribution in [0.1, 0.15) is 39.5 Å². The fourth-order valence-corrected chi connectivity index (χ4v) is 1.41. The molecule has 0 saturated heterocycles. The molecule has 1 aromatic heterocycles. The lowest BCUT2D eigenvalue weighted by atomic mass is 10.0. The Kier molecular flexibility index (Phi) is 4.53. The molecule has 0 bridgehead atoms. The summed E-state index contributed by atoms with van der Waals surface area (Å²) >= 11 is 0. The maximum Gasteiger partial charge on any atom is 0.408 e. The Hall–Kier alpha value is -2.04. The zero-order valence-corrected chi connectivity index (χ0v) is 11.6. The van der Waals surface area contributed by atoms with Crippen LogP contribution in [0.25, 0.3) is 0 Å². The maximum absolute atomic E-state index is 11.8. The molecule has 1 heterocycles. The van der Waals surface area contributed by atoms with Crippen molar-refractivity contribution in [3.63, 3.8) is 0 Å². The van der Waals surface area contributed by atoms with Crippen molar-refractivity contribution in [2.45, 2.75) is 39.3 Å². The molecule has 1 rings (SSSR count). The van der Waals surface area contributed by atoms with Gasteiger partial charge in [-0.05, 0) is 39.8 Å². The molecule has 0 radical (unpaired) electrons. The second kappa shape index (κ2) is 5.73. The number of ketones is 1. The van der Waals surface area contributed by atoms with Gasteiger partial charge in [-0.25, -0.2) is 4.79 Å². The fourth-order valence-electron chi connectivity index (χ4n) is 1.41. The van der Waals surface area contributed by atoms with Crippen molar-refractivity contribution in [1.29, 1.82) is 0 Å². The van der Waals surface area contributed by atoms with Gasteiger partial charge in [-0.3, -0.25) is 4.79 Å². The molecule has 1 aromatic rings. The van der Waals surface area contributed by atoms with Crippen molar-refractivity contribution in [1.82, 2.24) is 5.32 Å². The lowest BCUT2D eigenvalue weighted by molar-refractivity contribution is -0.113. The zero-order valence-electron chi connectivity index (χ0n) is 11.6. The number of rotatable bonds is 4. The molecule has 1 N–H and O–H groups in total. The third kappa shape index (κ3) is 4.62. The van der Waals surface area contributed by atoms with Crippen LogP contribution < -0.4 is 5.32 Å². The molecular formula is C14H19NO4. The lowest BCUT2D eigenvalue weighted by Crippen LogP contribution is -2.36. The highest BCUT2D eigenvalue weighted by molar-refractivity contribution is 5.94. The Morgan fingerprint density at radius 3 is 2.47 bits per heavy atom. The molecule has 0 spiro atoms. The largest absolute Gasteiger partial charge is 0.467 e. The maximum atomic E-state index is 11.8. The highest BCUT2D eigenvalue weighted by atomic mass is 16.6. The average Bonchev–Trinajstić information content (AvgIpc) is 2.75. The quantitative estimate of drug-likeness (QED) is 0.850. The van der Waals surface area contributed by atoms with Gasteiger partial charge in [0.1, 0.15) is 17.4 Å². The number of hydrogen-bond acceptors (Lipinski definition) is 4. The van der Waals surface area contributed by atoms with Gasteiger partial charge in [0.2, 0.25) is 0 Å². The number of Topliss-reactive ketones (excluding diaryl/α,β-unsaturated/α-hetero) is 1. The van der Waals surface area contributed by atoms with Gasteiger partial charge in [-0.15, -0.1) is 0 Å². The molecule has 5 nitrogen and oxygen atoms in total. The van der Waals surface area contributed by atoms with Crippen LogP contribution >= 0.6 is 0 Å². The second-order valence-corrected chi connectivity index (χ2v) is 5.18. The number of carbonyl (C=O) groups is 2. The van der Waals surface area contributed by atoms with E-state index < -0.39 is 17.7 Å². The smallest absolute Gasteiger partial charge is 0.408 e. The van der Waals surface area contributed by atoms with E-state index in [1.807, 2.05) is 0 Å². The summed E-state index contributed by atoms with van der Waals surface area (Å²) in [7, 11) is 0. The Morgan fingerprint density at radius 1 is 1.42 bits per heavy atom. The Labute approximate surface area is 112 Å². The Morgan fingerprint density at radius 2 is 2.05 bits per heavy atom. The van der Waals surface area contributed by atoms with Gasteiger partial charge < -0.3 is 14.5 Å². The molecule has 0 aliphatic rings. The molecule has 0 saturated carbocycles. The van der Waals surface area contributed by atoms with E-state index in [1.165, 1.54) is 13.2 Å². The topological polar surface area (TPSA) is 68.5 Å². The first kappa shape index (κ1) is 15.0. The van der Waals surface area contributed by atoms with E-state index in [0.717, 1.165) is 0 Å². The first-order chi connectivity index (χ1) is 8.70. The minimum Gasteiger partial charge on any atom is -0.467 e. The summed E-state index contributed by atoms with van der Waals surface area (Å²) in [6, 6.07) is 2.62. The van der Waals surface area contributed by atoms with Crippen LogP contribution in [-0.4, -0.2) is 17.5 Å². The van der Waals surface area contributed by atoms with E-state index in [4.69, 9.17) is 9.15 Å². The highest BCUT2D eigenvalue weighted by Gasteiger charge is 2.25. The number of alkyl carbamates (subject to hydrolysis) is 1. The van der Waals surface area contributed by atoms with Crippen molar-refractivity contribution < 1.29 is 18.7 Å². The third-order valence-electron chi connectivity index (χ3n) is 2.29. The van der Waals surface area contributed by atoms with Gasteiger partial charge in [0.25, 0.3) is 0 Å². The van der Waals surface area contributed by atoms with Gasteiger partial charge in [-0.2, -0.15) is 0 Å².